The number of morpholine rings is 1. The van der Waals surface area contributed by atoms with Gasteiger partial charge >= 0.3 is 6.09 Å². The maximum Gasteiger partial charge on any atom is 0.408 e. The molecule has 0 aliphatic carbocycles. The average Bonchev–Trinajstić information content (AvgIpc) is 3.13. The molecule has 2 aliphatic heterocycles. The fourth-order valence-corrected chi connectivity index (χ4v) is 3.93. The van der Waals surface area contributed by atoms with Crippen molar-refractivity contribution in [1.29, 1.82) is 0 Å². The van der Waals surface area contributed by atoms with Gasteiger partial charge in [-0.25, -0.2) is 4.79 Å². The molecular weight excluding hydrogens is 497 g/mol. The maximum absolute atomic E-state index is 12.3. The molecule has 0 bridgehead atoms. The van der Waals surface area contributed by atoms with Gasteiger partial charge in [-0.1, -0.05) is 13.8 Å². The molecule has 0 spiro atoms. The zero-order valence-electron chi connectivity index (χ0n) is 19.5. The van der Waals surface area contributed by atoms with Crippen LogP contribution < -0.4 is 16.0 Å². The molecule has 30 heavy (non-hydrogen) atoms. The van der Waals surface area contributed by atoms with Crippen LogP contribution in [0.5, 0.6) is 0 Å². The van der Waals surface area contributed by atoms with E-state index >= 15 is 0 Å². The van der Waals surface area contributed by atoms with Gasteiger partial charge in [0.25, 0.3) is 0 Å². The van der Waals surface area contributed by atoms with Crippen LogP contribution in [-0.4, -0.2) is 80.1 Å². The van der Waals surface area contributed by atoms with Crippen molar-refractivity contribution >= 4 is 36.0 Å². The van der Waals surface area contributed by atoms with Crippen LogP contribution in [0, 0.1) is 0 Å². The minimum atomic E-state index is -0.517. The second kappa shape index (κ2) is 12.3. The van der Waals surface area contributed by atoms with E-state index in [1.807, 2.05) is 20.8 Å². The Labute approximate surface area is 199 Å². The molecule has 2 heterocycles. The number of guanidine groups is 1. The molecule has 176 valence electrons. The molecule has 0 aromatic carbocycles. The summed E-state index contributed by atoms with van der Waals surface area (Å²) >= 11 is 0. The number of aliphatic imine (C=N–C) groups is 1. The lowest BCUT2D eigenvalue weighted by molar-refractivity contribution is -0.0453. The Bertz CT molecular complexity index is 563. The summed E-state index contributed by atoms with van der Waals surface area (Å²) in [6, 6.07) is 0.609. The maximum atomic E-state index is 12.3. The van der Waals surface area contributed by atoms with Crippen LogP contribution >= 0.6 is 24.0 Å². The zero-order valence-corrected chi connectivity index (χ0v) is 21.9. The first-order valence-electron chi connectivity index (χ1n) is 11.0. The summed E-state index contributed by atoms with van der Waals surface area (Å²) in [5.74, 6) is 0.717. The fraction of sp³-hybridized carbons (Fsp3) is 0.905. The summed E-state index contributed by atoms with van der Waals surface area (Å²) in [6.45, 7) is 14.0. The second-order valence-electron chi connectivity index (χ2n) is 9.17. The minimum Gasteiger partial charge on any atom is -0.444 e. The van der Waals surface area contributed by atoms with Gasteiger partial charge in [-0.2, -0.15) is 0 Å². The van der Waals surface area contributed by atoms with Gasteiger partial charge in [0.2, 0.25) is 0 Å². The minimum absolute atomic E-state index is 0. The predicted molar refractivity (Wildman–Crippen MR) is 132 cm³/mol. The summed E-state index contributed by atoms with van der Waals surface area (Å²) in [5.41, 5.74) is -0.916. The van der Waals surface area contributed by atoms with Crippen LogP contribution in [0.25, 0.3) is 0 Å². The Balaban J connectivity index is 0.00000450. The summed E-state index contributed by atoms with van der Waals surface area (Å²) < 4.78 is 11.5. The van der Waals surface area contributed by atoms with Crippen molar-refractivity contribution in [3.8, 4) is 0 Å². The van der Waals surface area contributed by atoms with Gasteiger partial charge in [0.1, 0.15) is 5.60 Å². The number of fused-ring (bicyclic) bond motifs is 1. The van der Waals surface area contributed by atoms with E-state index in [1.54, 1.807) is 7.05 Å². The number of carbonyl (C=O) groups excluding carboxylic acids is 1. The Morgan fingerprint density at radius 2 is 1.93 bits per heavy atom. The number of nitrogens with zero attached hydrogens (tertiary/aromatic N) is 2. The zero-order chi connectivity index (χ0) is 21.5. The third kappa shape index (κ3) is 8.37. The lowest BCUT2D eigenvalue weighted by Gasteiger charge is -2.36. The third-order valence-corrected chi connectivity index (χ3v) is 5.90. The first-order chi connectivity index (χ1) is 13.7. The largest absolute Gasteiger partial charge is 0.444 e. The quantitative estimate of drug-likeness (QED) is 0.262. The molecule has 8 nitrogen and oxygen atoms in total. The number of ether oxygens (including phenoxy) is 2. The summed E-state index contributed by atoms with van der Waals surface area (Å²) in [7, 11) is 1.76. The summed E-state index contributed by atoms with van der Waals surface area (Å²) in [4.78, 5) is 19.2. The van der Waals surface area contributed by atoms with E-state index in [9.17, 15) is 4.79 Å². The van der Waals surface area contributed by atoms with E-state index in [1.165, 1.54) is 19.4 Å². The van der Waals surface area contributed by atoms with Crippen LogP contribution in [0.1, 0.15) is 60.3 Å². The number of amides is 1. The molecule has 0 saturated carbocycles. The number of halogens is 1. The molecule has 2 atom stereocenters. The Morgan fingerprint density at radius 1 is 1.23 bits per heavy atom. The highest BCUT2D eigenvalue weighted by molar-refractivity contribution is 14.0. The molecule has 1 amide bonds. The van der Waals surface area contributed by atoms with Crippen LogP contribution in [0.15, 0.2) is 4.99 Å². The summed E-state index contributed by atoms with van der Waals surface area (Å²) in [6.07, 6.45) is 3.89. The number of rotatable bonds is 7. The molecule has 2 unspecified atom stereocenters. The molecule has 2 saturated heterocycles. The van der Waals surface area contributed by atoms with Crippen LogP contribution in [0.4, 0.5) is 4.79 Å². The first kappa shape index (κ1) is 27.2. The van der Waals surface area contributed by atoms with Gasteiger partial charge in [0.05, 0.1) is 18.2 Å². The number of hydrogen-bond donors (Lipinski definition) is 3. The highest BCUT2D eigenvalue weighted by atomic mass is 127. The van der Waals surface area contributed by atoms with Crippen LogP contribution in [0.3, 0.4) is 0 Å². The molecule has 0 aromatic rings. The highest BCUT2D eigenvalue weighted by Crippen LogP contribution is 2.22. The lowest BCUT2D eigenvalue weighted by Crippen LogP contribution is -2.58. The van der Waals surface area contributed by atoms with Gasteiger partial charge in [-0.15, -0.1) is 24.0 Å². The molecular formula is C21H42IN5O3. The Morgan fingerprint density at radius 3 is 2.53 bits per heavy atom. The highest BCUT2D eigenvalue weighted by Gasteiger charge is 2.33. The van der Waals surface area contributed by atoms with Crippen molar-refractivity contribution < 1.29 is 14.3 Å². The Hall–Kier alpha value is -0.810. The first-order valence-corrected chi connectivity index (χ1v) is 11.0. The van der Waals surface area contributed by atoms with Gasteiger partial charge in [0, 0.05) is 32.7 Å². The fourth-order valence-electron chi connectivity index (χ4n) is 3.93. The van der Waals surface area contributed by atoms with Gasteiger partial charge in [-0.3, -0.25) is 9.89 Å². The van der Waals surface area contributed by atoms with Crippen LogP contribution in [0.2, 0.25) is 0 Å². The molecule has 0 aromatic heterocycles. The SMILES string of the molecule is CCC(CC)(CNC(=NC)NCC1CN2CCCC2CO1)NC(=O)OC(C)(C)C.I. The normalized spacial score (nSPS) is 22.7. The van der Waals surface area contributed by atoms with Crippen molar-refractivity contribution in [2.75, 3.05) is 39.8 Å². The second-order valence-corrected chi connectivity index (χ2v) is 9.17. The van der Waals surface area contributed by atoms with Crippen molar-refractivity contribution in [3.05, 3.63) is 0 Å². The predicted octanol–water partition coefficient (Wildman–Crippen LogP) is 2.72. The van der Waals surface area contributed by atoms with E-state index in [2.05, 4.69) is 39.7 Å². The third-order valence-electron chi connectivity index (χ3n) is 5.90. The smallest absolute Gasteiger partial charge is 0.408 e. The molecule has 2 aliphatic rings. The monoisotopic (exact) mass is 539 g/mol. The lowest BCUT2D eigenvalue weighted by atomic mass is 9.93. The van der Waals surface area contributed by atoms with E-state index in [0.29, 0.717) is 19.1 Å². The molecule has 3 N–H and O–H groups in total. The molecule has 9 heteroatoms. The van der Waals surface area contributed by atoms with E-state index in [-0.39, 0.29) is 36.2 Å². The standard InChI is InChI=1S/C21H41N5O3.HI/c1-7-21(8-2,25-19(27)29-20(3,4)5)15-24-18(22-6)23-12-17-13-26-11-9-10-16(26)14-28-17;/h16-17H,7-15H2,1-6H3,(H,25,27)(H2,22,23,24);1H. The number of nitrogens with one attached hydrogen (secondary N) is 3. The number of hydrogen-bond acceptors (Lipinski definition) is 5. The van der Waals surface area contributed by atoms with E-state index < -0.39 is 11.1 Å². The molecule has 2 fully saturated rings. The molecule has 0 radical (unpaired) electrons. The van der Waals surface area contributed by atoms with Gasteiger partial charge in [0.15, 0.2) is 5.96 Å². The molecule has 2 rings (SSSR count). The number of alkyl carbamates (subject to hydrolysis) is 1. The van der Waals surface area contributed by atoms with E-state index in [4.69, 9.17) is 9.47 Å². The van der Waals surface area contributed by atoms with Gasteiger partial charge < -0.3 is 25.4 Å². The summed E-state index contributed by atoms with van der Waals surface area (Å²) in [5, 5.41) is 9.80. The van der Waals surface area contributed by atoms with Crippen molar-refractivity contribution in [1.82, 2.24) is 20.9 Å². The van der Waals surface area contributed by atoms with Crippen molar-refractivity contribution in [2.45, 2.75) is 83.6 Å². The Kier molecular flexibility index (Phi) is 11.1. The van der Waals surface area contributed by atoms with Crippen molar-refractivity contribution in [3.63, 3.8) is 0 Å². The van der Waals surface area contributed by atoms with Gasteiger partial charge in [-0.05, 0) is 53.0 Å². The topological polar surface area (TPSA) is 87.2 Å². The van der Waals surface area contributed by atoms with E-state index in [0.717, 1.165) is 32.0 Å². The van der Waals surface area contributed by atoms with Crippen molar-refractivity contribution in [2.24, 2.45) is 4.99 Å². The van der Waals surface area contributed by atoms with Crippen LogP contribution in [-0.2, 0) is 9.47 Å². The average molecular weight is 540 g/mol. The number of carbonyl (C=O) groups is 1.